The Morgan fingerprint density at radius 2 is 1.83 bits per heavy atom. The second-order valence-corrected chi connectivity index (χ2v) is 2.37. The fraction of sp³-hybridized carbons (Fsp3) is 0.600. The maximum Gasteiger partial charge on any atom is 0.471 e. The average molecular weight is 204 g/mol. The Labute approximate surface area is 70.9 Å². The van der Waals surface area contributed by atoms with E-state index < -0.39 is 23.4 Å². The smallest absolute Gasteiger partial charge is 0.337 e. The molecule has 0 aromatic heterocycles. The topological polar surface area (TPSA) is 46.2 Å². The van der Waals surface area contributed by atoms with Crippen LogP contribution in [0.15, 0.2) is 0 Å². The summed E-state index contributed by atoms with van der Waals surface area (Å²) in [6, 6.07) is -1.33. The van der Waals surface area contributed by atoms with Crippen molar-refractivity contribution in [3.63, 3.8) is 0 Å². The Kier molecular flexibility index (Phi) is 3.51. The largest absolute Gasteiger partial charge is 0.471 e. The molecule has 0 spiro atoms. The molecule has 1 atom stereocenters. The minimum atomic E-state index is -4.99. The monoisotopic (exact) mass is 203 g/mol. The van der Waals surface area contributed by atoms with E-state index in [4.69, 9.17) is 11.6 Å². The predicted molar refractivity (Wildman–Crippen MR) is 34.5 cm³/mol. The molecule has 1 amide bonds. The summed E-state index contributed by atoms with van der Waals surface area (Å²) >= 11 is 4.80. The first-order valence-corrected chi connectivity index (χ1v) is 3.20. The molecule has 0 aliphatic rings. The molecule has 1 N–H and O–H groups in total. The SMILES string of the molecule is C[C@@H](NC(=O)C(F)(F)F)C(=O)Cl. The summed E-state index contributed by atoms with van der Waals surface area (Å²) in [6.07, 6.45) is -4.99. The predicted octanol–water partition coefficient (Wildman–Crippen LogP) is 0.819. The number of carbonyl (C=O) groups is 2. The normalized spacial score (nSPS) is 13.8. The van der Waals surface area contributed by atoms with Crippen molar-refractivity contribution in [2.24, 2.45) is 0 Å². The van der Waals surface area contributed by atoms with Gasteiger partial charge in [-0.1, -0.05) is 0 Å². The Bertz CT molecular complexity index is 203. The highest BCUT2D eigenvalue weighted by Crippen LogP contribution is 2.14. The lowest BCUT2D eigenvalue weighted by Gasteiger charge is -2.10. The first kappa shape index (κ1) is 11.2. The van der Waals surface area contributed by atoms with Crippen LogP contribution in [-0.4, -0.2) is 23.4 Å². The van der Waals surface area contributed by atoms with Gasteiger partial charge in [-0.15, -0.1) is 0 Å². The van der Waals surface area contributed by atoms with Crippen LogP contribution in [0.5, 0.6) is 0 Å². The zero-order chi connectivity index (χ0) is 9.94. The molecular weight excluding hydrogens is 199 g/mol. The maximum atomic E-state index is 11.5. The molecule has 0 unspecified atom stereocenters. The van der Waals surface area contributed by atoms with Crippen LogP contribution in [0.2, 0.25) is 0 Å². The highest BCUT2D eigenvalue weighted by atomic mass is 35.5. The molecule has 7 heteroatoms. The highest BCUT2D eigenvalue weighted by Gasteiger charge is 2.39. The number of halogens is 4. The fourth-order valence-corrected chi connectivity index (χ4v) is 0.390. The maximum absolute atomic E-state index is 11.5. The average Bonchev–Trinajstić information content (AvgIpc) is 1.85. The van der Waals surface area contributed by atoms with E-state index in [1.54, 1.807) is 0 Å². The summed E-state index contributed by atoms with van der Waals surface area (Å²) in [4.78, 5) is 20.3. The third-order valence-electron chi connectivity index (χ3n) is 0.946. The van der Waals surface area contributed by atoms with Crippen LogP contribution in [0.4, 0.5) is 13.2 Å². The molecule has 0 aliphatic heterocycles. The van der Waals surface area contributed by atoms with E-state index in [1.807, 2.05) is 0 Å². The van der Waals surface area contributed by atoms with Crippen molar-refractivity contribution in [3.8, 4) is 0 Å². The highest BCUT2D eigenvalue weighted by molar-refractivity contribution is 6.64. The summed E-state index contributed by atoms with van der Waals surface area (Å²) in [5.41, 5.74) is 0. The van der Waals surface area contributed by atoms with E-state index in [2.05, 4.69) is 0 Å². The van der Waals surface area contributed by atoms with Crippen molar-refractivity contribution >= 4 is 22.8 Å². The third-order valence-corrected chi connectivity index (χ3v) is 1.27. The first-order valence-electron chi connectivity index (χ1n) is 2.82. The van der Waals surface area contributed by atoms with Crippen LogP contribution in [0.25, 0.3) is 0 Å². The van der Waals surface area contributed by atoms with Crippen molar-refractivity contribution < 1.29 is 22.8 Å². The lowest BCUT2D eigenvalue weighted by Crippen LogP contribution is -2.44. The van der Waals surface area contributed by atoms with Gasteiger partial charge >= 0.3 is 12.1 Å². The van der Waals surface area contributed by atoms with Crippen molar-refractivity contribution in [2.75, 3.05) is 0 Å². The molecule has 0 saturated carbocycles. The Morgan fingerprint density at radius 1 is 1.42 bits per heavy atom. The van der Waals surface area contributed by atoms with Gasteiger partial charge in [0.05, 0.1) is 0 Å². The van der Waals surface area contributed by atoms with Crippen LogP contribution in [0.1, 0.15) is 6.92 Å². The third kappa shape index (κ3) is 3.56. The van der Waals surface area contributed by atoms with Crippen LogP contribution in [-0.2, 0) is 9.59 Å². The molecule has 0 fully saturated rings. The molecule has 0 bridgehead atoms. The lowest BCUT2D eigenvalue weighted by atomic mass is 10.3. The summed E-state index contributed by atoms with van der Waals surface area (Å²) in [7, 11) is 0. The van der Waals surface area contributed by atoms with Crippen LogP contribution in [0.3, 0.4) is 0 Å². The number of nitrogens with one attached hydrogen (secondary N) is 1. The van der Waals surface area contributed by atoms with Crippen molar-refractivity contribution in [2.45, 2.75) is 19.1 Å². The van der Waals surface area contributed by atoms with Gasteiger partial charge < -0.3 is 5.32 Å². The van der Waals surface area contributed by atoms with E-state index >= 15 is 0 Å². The van der Waals surface area contributed by atoms with Gasteiger partial charge in [0.2, 0.25) is 5.24 Å². The van der Waals surface area contributed by atoms with Gasteiger partial charge in [-0.2, -0.15) is 13.2 Å². The van der Waals surface area contributed by atoms with Crippen molar-refractivity contribution in [3.05, 3.63) is 0 Å². The van der Waals surface area contributed by atoms with E-state index in [1.165, 1.54) is 5.32 Å². The van der Waals surface area contributed by atoms with Gasteiger partial charge in [0, 0.05) is 0 Å². The van der Waals surface area contributed by atoms with E-state index in [9.17, 15) is 22.8 Å². The molecular formula is C5H5ClF3NO2. The number of alkyl halides is 3. The standard InChI is InChI=1S/C5H5ClF3NO2/c1-2(3(6)11)10-4(12)5(7,8)9/h2H,1H3,(H,10,12)/t2-/m1/s1. The van der Waals surface area contributed by atoms with Gasteiger partial charge in [-0.05, 0) is 18.5 Å². The molecule has 0 saturated heterocycles. The number of carbonyl (C=O) groups excluding carboxylic acids is 2. The number of hydrogen-bond donors (Lipinski definition) is 1. The molecule has 0 radical (unpaired) electrons. The quantitative estimate of drug-likeness (QED) is 0.676. The van der Waals surface area contributed by atoms with Crippen LogP contribution in [0, 0.1) is 0 Å². The summed E-state index contributed by atoms with van der Waals surface area (Å²) in [5.74, 6) is -2.18. The fourth-order valence-electron chi connectivity index (χ4n) is 0.335. The van der Waals surface area contributed by atoms with Gasteiger partial charge in [0.15, 0.2) is 0 Å². The zero-order valence-electron chi connectivity index (χ0n) is 5.91. The molecule has 0 aliphatic carbocycles. The molecule has 0 heterocycles. The Hall–Kier alpha value is -0.780. The number of rotatable bonds is 2. The lowest BCUT2D eigenvalue weighted by molar-refractivity contribution is -0.174. The molecule has 70 valence electrons. The zero-order valence-corrected chi connectivity index (χ0v) is 6.66. The molecule has 12 heavy (non-hydrogen) atoms. The second-order valence-electron chi connectivity index (χ2n) is 2.00. The minimum absolute atomic E-state index is 1.05. The van der Waals surface area contributed by atoms with E-state index in [0.717, 1.165) is 6.92 Å². The van der Waals surface area contributed by atoms with Gasteiger partial charge in [-0.25, -0.2) is 0 Å². The van der Waals surface area contributed by atoms with Crippen LogP contribution < -0.4 is 5.32 Å². The molecule has 3 nitrogen and oxygen atoms in total. The Balaban J connectivity index is 4.11. The van der Waals surface area contributed by atoms with Gasteiger partial charge in [0.1, 0.15) is 6.04 Å². The van der Waals surface area contributed by atoms with Crippen molar-refractivity contribution in [1.82, 2.24) is 5.32 Å². The number of amides is 1. The first-order chi connectivity index (χ1) is 5.25. The van der Waals surface area contributed by atoms with E-state index in [-0.39, 0.29) is 0 Å². The summed E-state index contributed by atoms with van der Waals surface area (Å²) in [6.45, 7) is 1.05. The molecule has 0 aromatic carbocycles. The Morgan fingerprint density at radius 3 is 2.08 bits per heavy atom. The summed E-state index contributed by atoms with van der Waals surface area (Å²) in [5, 5.41) is 0.325. The van der Waals surface area contributed by atoms with Gasteiger partial charge in [-0.3, -0.25) is 9.59 Å². The number of hydrogen-bond acceptors (Lipinski definition) is 2. The molecule has 0 rings (SSSR count). The summed E-state index contributed by atoms with van der Waals surface area (Å²) < 4.78 is 34.5. The minimum Gasteiger partial charge on any atom is -0.337 e. The molecule has 0 aromatic rings. The second kappa shape index (κ2) is 3.75. The van der Waals surface area contributed by atoms with Crippen LogP contribution >= 0.6 is 11.6 Å². The van der Waals surface area contributed by atoms with Gasteiger partial charge in [0.25, 0.3) is 0 Å². The van der Waals surface area contributed by atoms with Crippen molar-refractivity contribution in [1.29, 1.82) is 0 Å². The van der Waals surface area contributed by atoms with E-state index in [0.29, 0.717) is 0 Å².